The number of aryl methyl sites for hydroxylation is 1. The zero-order valence-electron chi connectivity index (χ0n) is 34.1. The number of aliphatic carboxylic acids is 1. The van der Waals surface area contributed by atoms with E-state index in [1.54, 1.807) is 0 Å². The van der Waals surface area contributed by atoms with E-state index in [2.05, 4.69) is 102 Å². The fourth-order valence-electron chi connectivity index (χ4n) is 7.19. The number of nitrogens with one attached hydrogen (secondary N) is 2. The molecule has 6 aromatic rings. The second kappa shape index (κ2) is 21.5. The first-order valence-electron chi connectivity index (χ1n) is 20.5. The standard InChI is InChI=1S/C35H36ClNO3S.C16H20N2/c1-34(2,40)30-9-4-3-7-25(30)13-17-32(41-23-35(18-19-35)22-33(38)39)27-8-5-6-24(20-27)10-15-29-16-12-26-11-14-28(36)21-31(26)37-29;1-3-7-15(8-4-1)13-17-11-12-18-14-16-9-5-2-6-10-16/h3-12,14-16,20-21,32,40H,13,17-19,22-23H2,1-2H3,(H,38,39);1-10,17-18H,11-14H2/b15-10+;/t32-;/m1./s1. The van der Waals surface area contributed by atoms with Gasteiger partial charge in [0.2, 0.25) is 0 Å². The maximum Gasteiger partial charge on any atom is 0.303 e. The third-order valence-corrected chi connectivity index (χ3v) is 12.6. The highest BCUT2D eigenvalue weighted by Gasteiger charge is 2.44. The zero-order chi connectivity index (χ0) is 41.5. The minimum atomic E-state index is -0.911. The van der Waals surface area contributed by atoms with Crippen molar-refractivity contribution in [3.05, 3.63) is 184 Å². The summed E-state index contributed by atoms with van der Waals surface area (Å²) in [5.41, 5.74) is 7.82. The molecule has 1 aliphatic rings. The van der Waals surface area contributed by atoms with E-state index in [1.807, 2.05) is 86.3 Å². The summed E-state index contributed by atoms with van der Waals surface area (Å²) >= 11 is 8.04. The maximum atomic E-state index is 11.5. The van der Waals surface area contributed by atoms with Crippen molar-refractivity contribution in [3.63, 3.8) is 0 Å². The maximum absolute atomic E-state index is 11.5. The van der Waals surface area contributed by atoms with Crippen molar-refractivity contribution >= 4 is 52.4 Å². The van der Waals surface area contributed by atoms with E-state index in [4.69, 9.17) is 16.6 Å². The molecule has 1 aliphatic carbocycles. The van der Waals surface area contributed by atoms with Gasteiger partial charge in [-0.2, -0.15) is 11.8 Å². The van der Waals surface area contributed by atoms with Crippen molar-refractivity contribution in [2.75, 3.05) is 18.8 Å². The number of thioether (sulfide) groups is 1. The van der Waals surface area contributed by atoms with Crippen molar-refractivity contribution in [2.45, 2.75) is 69.9 Å². The summed E-state index contributed by atoms with van der Waals surface area (Å²) in [5, 5.41) is 28.9. The first-order valence-corrected chi connectivity index (χ1v) is 22.0. The predicted octanol–water partition coefficient (Wildman–Crippen LogP) is 11.5. The highest BCUT2D eigenvalue weighted by atomic mass is 35.5. The minimum Gasteiger partial charge on any atom is -0.481 e. The van der Waals surface area contributed by atoms with Gasteiger partial charge in [-0.25, -0.2) is 4.98 Å². The minimum absolute atomic E-state index is 0.0814. The topological polar surface area (TPSA) is 94.5 Å². The monoisotopic (exact) mass is 825 g/mol. The molecule has 0 saturated heterocycles. The molecule has 0 spiro atoms. The number of aromatic nitrogens is 1. The number of pyridine rings is 1. The van der Waals surface area contributed by atoms with Crippen molar-refractivity contribution in [1.82, 2.24) is 15.6 Å². The Hall–Kier alpha value is -4.76. The third-order valence-electron chi connectivity index (χ3n) is 10.7. The fourth-order valence-corrected chi connectivity index (χ4v) is 8.93. The number of halogens is 1. The van der Waals surface area contributed by atoms with Gasteiger partial charge in [0.1, 0.15) is 0 Å². The van der Waals surface area contributed by atoms with E-state index in [9.17, 15) is 15.0 Å². The van der Waals surface area contributed by atoms with E-state index in [0.717, 1.165) is 90.9 Å². The van der Waals surface area contributed by atoms with Gasteiger partial charge in [0.05, 0.1) is 23.2 Å². The van der Waals surface area contributed by atoms with Gasteiger partial charge in [0.25, 0.3) is 0 Å². The number of fused-ring (bicyclic) bond motifs is 1. The molecule has 0 unspecified atom stereocenters. The summed E-state index contributed by atoms with van der Waals surface area (Å²) in [6.07, 6.45) is 8.02. The van der Waals surface area contributed by atoms with Crippen molar-refractivity contribution in [3.8, 4) is 0 Å². The second-order valence-corrected chi connectivity index (χ2v) is 17.7. The molecule has 1 saturated carbocycles. The summed E-state index contributed by atoms with van der Waals surface area (Å²) < 4.78 is 0. The Morgan fingerprint density at radius 3 is 2.10 bits per heavy atom. The van der Waals surface area contributed by atoms with Crippen LogP contribution < -0.4 is 10.6 Å². The van der Waals surface area contributed by atoms with Gasteiger partial charge in [0, 0.05) is 47.6 Å². The van der Waals surface area contributed by atoms with Crippen LogP contribution in [-0.2, 0) is 29.9 Å². The summed E-state index contributed by atoms with van der Waals surface area (Å²) in [4.78, 5) is 16.2. The van der Waals surface area contributed by atoms with Crippen LogP contribution in [0.2, 0.25) is 5.02 Å². The van der Waals surface area contributed by atoms with Crippen molar-refractivity contribution in [2.24, 2.45) is 5.41 Å². The Labute approximate surface area is 359 Å². The number of carboxylic acid groups (broad SMARTS) is 1. The molecule has 1 heterocycles. The summed E-state index contributed by atoms with van der Waals surface area (Å²) in [6.45, 7) is 7.51. The molecule has 1 fully saturated rings. The molecule has 306 valence electrons. The molecular weight excluding hydrogens is 770 g/mol. The van der Waals surface area contributed by atoms with Gasteiger partial charge < -0.3 is 20.8 Å². The number of aliphatic hydroxyl groups is 1. The number of rotatable bonds is 19. The summed E-state index contributed by atoms with van der Waals surface area (Å²) in [5.74, 6) is 0.122. The summed E-state index contributed by atoms with van der Waals surface area (Å²) in [7, 11) is 0. The Morgan fingerprint density at radius 1 is 0.814 bits per heavy atom. The molecule has 0 aliphatic heterocycles. The van der Waals surface area contributed by atoms with E-state index >= 15 is 0 Å². The first-order chi connectivity index (χ1) is 28.5. The van der Waals surface area contributed by atoms with Crippen molar-refractivity contribution < 1.29 is 15.0 Å². The molecule has 6 nitrogen and oxygen atoms in total. The second-order valence-electron chi connectivity index (χ2n) is 16.0. The van der Waals surface area contributed by atoms with E-state index < -0.39 is 11.6 Å². The Bertz CT molecular complexity index is 2230. The van der Waals surface area contributed by atoms with E-state index in [0.29, 0.717) is 5.02 Å². The average Bonchev–Trinajstić information content (AvgIpc) is 4.00. The van der Waals surface area contributed by atoms with Crippen LogP contribution >= 0.6 is 23.4 Å². The number of hydrogen-bond donors (Lipinski definition) is 4. The number of nitrogens with zero attached hydrogens (tertiary/aromatic N) is 1. The van der Waals surface area contributed by atoms with E-state index in [1.165, 1.54) is 16.7 Å². The molecule has 8 heteroatoms. The number of carboxylic acids is 1. The fraction of sp³-hybridized carbons (Fsp3) is 0.294. The summed E-state index contributed by atoms with van der Waals surface area (Å²) in [6, 6.07) is 47.4. The van der Waals surface area contributed by atoms with E-state index in [-0.39, 0.29) is 17.1 Å². The smallest absolute Gasteiger partial charge is 0.303 e. The van der Waals surface area contributed by atoms with Crippen LogP contribution in [0.1, 0.15) is 83.9 Å². The lowest BCUT2D eigenvalue weighted by atomic mass is 9.90. The van der Waals surface area contributed by atoms with Crippen LogP contribution in [0.5, 0.6) is 0 Å². The quantitative estimate of drug-likeness (QED) is 0.0604. The van der Waals surface area contributed by atoms with Gasteiger partial charge in [-0.05, 0) is 103 Å². The normalized spacial score (nSPS) is 13.8. The Morgan fingerprint density at radius 2 is 1.46 bits per heavy atom. The molecule has 0 amide bonds. The first kappa shape index (κ1) is 43.8. The van der Waals surface area contributed by atoms with Gasteiger partial charge in [-0.1, -0.05) is 139 Å². The Balaban J connectivity index is 0.000000271. The Kier molecular flexibility index (Phi) is 16.0. The number of hydrogen-bond acceptors (Lipinski definition) is 6. The predicted molar refractivity (Wildman–Crippen MR) is 248 cm³/mol. The molecule has 5 aromatic carbocycles. The lowest BCUT2D eigenvalue weighted by Gasteiger charge is -2.24. The molecule has 1 aromatic heterocycles. The van der Waals surface area contributed by atoms with Gasteiger partial charge in [-0.3, -0.25) is 4.79 Å². The van der Waals surface area contributed by atoms with Gasteiger partial charge >= 0.3 is 5.97 Å². The van der Waals surface area contributed by atoms with Crippen LogP contribution in [0.4, 0.5) is 0 Å². The highest BCUT2D eigenvalue weighted by molar-refractivity contribution is 7.99. The molecule has 0 bridgehead atoms. The zero-order valence-corrected chi connectivity index (χ0v) is 35.7. The molecule has 59 heavy (non-hydrogen) atoms. The number of benzene rings is 5. The van der Waals surface area contributed by atoms with Crippen LogP contribution in [-0.4, -0.2) is 40.0 Å². The molecule has 4 N–H and O–H groups in total. The number of carbonyl (C=O) groups is 1. The van der Waals surface area contributed by atoms with Gasteiger partial charge in [0.15, 0.2) is 0 Å². The van der Waals surface area contributed by atoms with Crippen molar-refractivity contribution in [1.29, 1.82) is 0 Å². The van der Waals surface area contributed by atoms with Crippen LogP contribution in [0, 0.1) is 5.41 Å². The molecule has 0 radical (unpaired) electrons. The third kappa shape index (κ3) is 14.2. The molecular formula is C51H56ClN3O3S. The van der Waals surface area contributed by atoms with Gasteiger partial charge in [-0.15, -0.1) is 0 Å². The lowest BCUT2D eigenvalue weighted by molar-refractivity contribution is -0.138. The molecule has 7 rings (SSSR count). The molecule has 1 atom stereocenters. The van der Waals surface area contributed by atoms with Crippen LogP contribution in [0.3, 0.4) is 0 Å². The van der Waals surface area contributed by atoms with Crippen LogP contribution in [0.25, 0.3) is 23.1 Å². The largest absolute Gasteiger partial charge is 0.481 e. The van der Waals surface area contributed by atoms with Crippen LogP contribution in [0.15, 0.2) is 140 Å². The SMILES string of the molecule is CC(C)(O)c1ccccc1CC[C@@H](SCC1(CC(=O)O)CC1)c1cccc(/C=C/c2ccc3ccc(Cl)cc3n2)c1.c1ccc(CNCCNCc2ccccc2)cc1. The highest BCUT2D eigenvalue weighted by Crippen LogP contribution is 2.53. The lowest BCUT2D eigenvalue weighted by Crippen LogP contribution is -2.26. The average molecular weight is 827 g/mol.